The van der Waals surface area contributed by atoms with Gasteiger partial charge in [0.2, 0.25) is 5.95 Å². The number of aromatic nitrogens is 3. The average molecular weight is 268 g/mol. The van der Waals surface area contributed by atoms with Gasteiger partial charge in [-0.15, -0.1) is 12.4 Å². The fraction of sp³-hybridized carbons (Fsp3) is 0.364. The van der Waals surface area contributed by atoms with Crippen molar-refractivity contribution in [2.45, 2.75) is 0 Å². The number of halogens is 1. The van der Waals surface area contributed by atoms with Gasteiger partial charge in [0.1, 0.15) is 5.65 Å². The fourth-order valence-electron chi connectivity index (χ4n) is 1.96. The predicted molar refractivity (Wildman–Crippen MR) is 71.6 cm³/mol. The first-order valence-electron chi connectivity index (χ1n) is 5.66. The van der Waals surface area contributed by atoms with E-state index in [1.165, 1.54) is 4.40 Å². The van der Waals surface area contributed by atoms with Crippen LogP contribution in [0.1, 0.15) is 0 Å². The van der Waals surface area contributed by atoms with Crippen molar-refractivity contribution < 1.29 is 0 Å². The molecule has 1 saturated heterocycles. The number of rotatable bonds is 1. The number of nitrogens with one attached hydrogen (secondary N) is 1. The Morgan fingerprint density at radius 2 is 1.94 bits per heavy atom. The highest BCUT2D eigenvalue weighted by Gasteiger charge is 2.14. The smallest absolute Gasteiger partial charge is 0.338 e. The second kappa shape index (κ2) is 5.32. The minimum Gasteiger partial charge on any atom is -0.338 e. The topological polar surface area (TPSA) is 62.5 Å². The predicted octanol–water partition coefficient (Wildman–Crippen LogP) is -0.0791. The van der Waals surface area contributed by atoms with E-state index in [1.807, 2.05) is 17.0 Å². The molecule has 1 aliphatic rings. The molecule has 0 amide bonds. The van der Waals surface area contributed by atoms with E-state index in [1.54, 1.807) is 12.3 Å². The normalized spacial score (nSPS) is 15.4. The standard InChI is InChI=1S/C11H13N5O.ClH/c17-11-14-10(15-7-4-12-5-8-15)13-9-3-1-2-6-16(9)11;/h1-3,6,12H,4-5,7-8H2;1H. The minimum atomic E-state index is -0.274. The molecule has 0 aromatic carbocycles. The maximum Gasteiger partial charge on any atom is 0.356 e. The summed E-state index contributed by atoms with van der Waals surface area (Å²) in [5.41, 5.74) is 0.366. The first-order chi connectivity index (χ1) is 8.34. The second-order valence-electron chi connectivity index (χ2n) is 3.97. The van der Waals surface area contributed by atoms with Crippen LogP contribution in [0.2, 0.25) is 0 Å². The number of hydrogen-bond acceptors (Lipinski definition) is 5. The Hall–Kier alpha value is -1.66. The van der Waals surface area contributed by atoms with Crippen molar-refractivity contribution in [1.29, 1.82) is 0 Å². The van der Waals surface area contributed by atoms with Gasteiger partial charge in [-0.25, -0.2) is 4.79 Å². The summed E-state index contributed by atoms with van der Waals surface area (Å²) in [6.07, 6.45) is 1.68. The van der Waals surface area contributed by atoms with E-state index >= 15 is 0 Å². The highest BCUT2D eigenvalue weighted by atomic mass is 35.5. The third kappa shape index (κ3) is 2.30. The SMILES string of the molecule is Cl.O=c1nc(N2CCNCC2)nc2ccccn12. The van der Waals surface area contributed by atoms with E-state index in [2.05, 4.69) is 15.3 Å². The van der Waals surface area contributed by atoms with Gasteiger partial charge in [0, 0.05) is 32.4 Å². The summed E-state index contributed by atoms with van der Waals surface area (Å²) in [5.74, 6) is 0.530. The molecule has 3 heterocycles. The molecule has 18 heavy (non-hydrogen) atoms. The molecule has 2 aromatic rings. The Morgan fingerprint density at radius 3 is 2.72 bits per heavy atom. The number of piperazine rings is 1. The van der Waals surface area contributed by atoms with E-state index in [9.17, 15) is 4.79 Å². The molecule has 7 heteroatoms. The molecule has 96 valence electrons. The van der Waals surface area contributed by atoms with Crippen molar-refractivity contribution in [3.8, 4) is 0 Å². The highest BCUT2D eigenvalue weighted by molar-refractivity contribution is 5.85. The summed E-state index contributed by atoms with van der Waals surface area (Å²) >= 11 is 0. The molecule has 1 fully saturated rings. The molecule has 2 aromatic heterocycles. The number of nitrogens with zero attached hydrogens (tertiary/aromatic N) is 4. The Labute approximate surface area is 110 Å². The van der Waals surface area contributed by atoms with Crippen LogP contribution in [0.3, 0.4) is 0 Å². The lowest BCUT2D eigenvalue weighted by Gasteiger charge is -2.27. The van der Waals surface area contributed by atoms with Gasteiger partial charge in [0.25, 0.3) is 0 Å². The minimum absolute atomic E-state index is 0. The van der Waals surface area contributed by atoms with Crippen LogP contribution in [0, 0.1) is 0 Å². The zero-order valence-electron chi connectivity index (χ0n) is 9.74. The first-order valence-corrected chi connectivity index (χ1v) is 5.66. The van der Waals surface area contributed by atoms with Crippen LogP contribution in [-0.4, -0.2) is 40.5 Å². The van der Waals surface area contributed by atoms with Gasteiger partial charge in [-0.05, 0) is 12.1 Å². The molecular formula is C11H14ClN5O. The number of fused-ring (bicyclic) bond motifs is 1. The number of pyridine rings is 1. The van der Waals surface area contributed by atoms with Gasteiger partial charge in [-0.1, -0.05) is 6.07 Å². The quantitative estimate of drug-likeness (QED) is 0.783. The Kier molecular flexibility index (Phi) is 3.78. The van der Waals surface area contributed by atoms with E-state index < -0.39 is 0 Å². The monoisotopic (exact) mass is 267 g/mol. The molecule has 1 N–H and O–H groups in total. The largest absolute Gasteiger partial charge is 0.356 e. The lowest BCUT2D eigenvalue weighted by atomic mass is 10.4. The molecule has 0 spiro atoms. The van der Waals surface area contributed by atoms with Gasteiger partial charge in [-0.2, -0.15) is 9.97 Å². The summed E-state index contributed by atoms with van der Waals surface area (Å²) in [6.45, 7) is 3.47. The van der Waals surface area contributed by atoms with Crippen molar-refractivity contribution in [2.24, 2.45) is 0 Å². The number of hydrogen-bond donors (Lipinski definition) is 1. The molecule has 6 nitrogen and oxygen atoms in total. The van der Waals surface area contributed by atoms with Crippen LogP contribution in [0.25, 0.3) is 5.65 Å². The van der Waals surface area contributed by atoms with Crippen LogP contribution < -0.4 is 15.9 Å². The molecule has 0 atom stereocenters. The van der Waals surface area contributed by atoms with Gasteiger partial charge < -0.3 is 10.2 Å². The lowest BCUT2D eigenvalue weighted by molar-refractivity contribution is 0.578. The van der Waals surface area contributed by atoms with Crippen LogP contribution in [-0.2, 0) is 0 Å². The van der Waals surface area contributed by atoms with E-state index in [0.29, 0.717) is 11.6 Å². The fourth-order valence-corrected chi connectivity index (χ4v) is 1.96. The van der Waals surface area contributed by atoms with Gasteiger partial charge in [0.05, 0.1) is 0 Å². The molecule has 0 aliphatic carbocycles. The van der Waals surface area contributed by atoms with Crippen molar-refractivity contribution >= 4 is 24.0 Å². The third-order valence-corrected chi connectivity index (χ3v) is 2.85. The van der Waals surface area contributed by atoms with E-state index in [-0.39, 0.29) is 18.1 Å². The summed E-state index contributed by atoms with van der Waals surface area (Å²) in [7, 11) is 0. The summed E-state index contributed by atoms with van der Waals surface area (Å²) in [6, 6.07) is 5.47. The van der Waals surface area contributed by atoms with Gasteiger partial charge >= 0.3 is 5.69 Å². The highest BCUT2D eigenvalue weighted by Crippen LogP contribution is 2.07. The zero-order chi connectivity index (χ0) is 11.7. The van der Waals surface area contributed by atoms with Crippen LogP contribution in [0.5, 0.6) is 0 Å². The third-order valence-electron chi connectivity index (χ3n) is 2.85. The van der Waals surface area contributed by atoms with Crippen LogP contribution >= 0.6 is 12.4 Å². The molecule has 0 saturated carbocycles. The average Bonchev–Trinajstić information content (AvgIpc) is 2.40. The van der Waals surface area contributed by atoms with E-state index in [4.69, 9.17) is 0 Å². The van der Waals surface area contributed by atoms with Crippen LogP contribution in [0.15, 0.2) is 29.2 Å². The molecule has 0 radical (unpaired) electrons. The lowest BCUT2D eigenvalue weighted by Crippen LogP contribution is -2.45. The summed E-state index contributed by atoms with van der Waals surface area (Å²) in [5, 5.41) is 3.26. The maximum atomic E-state index is 11.8. The molecule has 1 aliphatic heterocycles. The molecule has 0 unspecified atom stereocenters. The zero-order valence-corrected chi connectivity index (χ0v) is 10.6. The van der Waals surface area contributed by atoms with Crippen molar-refractivity contribution in [1.82, 2.24) is 19.7 Å². The van der Waals surface area contributed by atoms with Crippen molar-refractivity contribution in [2.75, 3.05) is 31.1 Å². The first kappa shape index (κ1) is 12.8. The Morgan fingerprint density at radius 1 is 1.17 bits per heavy atom. The maximum absolute atomic E-state index is 11.8. The summed E-state index contributed by atoms with van der Waals surface area (Å²) in [4.78, 5) is 22.3. The van der Waals surface area contributed by atoms with Gasteiger partial charge in [-0.3, -0.25) is 4.40 Å². The molecule has 0 bridgehead atoms. The van der Waals surface area contributed by atoms with Crippen molar-refractivity contribution in [3.05, 3.63) is 34.9 Å². The van der Waals surface area contributed by atoms with Gasteiger partial charge in [0.15, 0.2) is 0 Å². The Balaban J connectivity index is 0.00000120. The Bertz CT molecular complexity index is 593. The molecule has 3 rings (SSSR count). The van der Waals surface area contributed by atoms with Crippen molar-refractivity contribution in [3.63, 3.8) is 0 Å². The second-order valence-corrected chi connectivity index (χ2v) is 3.97. The number of anilines is 1. The summed E-state index contributed by atoms with van der Waals surface area (Å²) < 4.78 is 1.45. The van der Waals surface area contributed by atoms with Crippen LogP contribution in [0.4, 0.5) is 5.95 Å². The molecular weight excluding hydrogens is 254 g/mol. The van der Waals surface area contributed by atoms with E-state index in [0.717, 1.165) is 26.2 Å².